The molecule has 0 spiro atoms. The van der Waals surface area contributed by atoms with E-state index in [2.05, 4.69) is 11.9 Å². The number of hydrogen-bond donors (Lipinski definition) is 0. The number of carbonyl (C=O) groups excluding carboxylic acids is 1. The van der Waals surface area contributed by atoms with E-state index in [1.54, 1.807) is 4.90 Å². The van der Waals surface area contributed by atoms with Crippen molar-refractivity contribution in [1.29, 1.82) is 0 Å². The SMILES string of the molecule is CN(C1CCCCC1)C1CCCCC1.CN1CCCC1=O. The first-order valence-corrected chi connectivity index (χ1v) is 9.14. The summed E-state index contributed by atoms with van der Waals surface area (Å²) in [7, 11) is 4.22. The van der Waals surface area contributed by atoms with Gasteiger partial charge in [-0.1, -0.05) is 38.5 Å². The van der Waals surface area contributed by atoms with Crippen LogP contribution in [0.1, 0.15) is 77.0 Å². The standard InChI is InChI=1S/C13H25N.C5H9NO/c1-14(12-8-4-2-5-9-12)13-10-6-3-7-11-13;1-6-4-2-3-5(6)7/h12-13H,2-11H2,1H3;2-4H2,1H3. The van der Waals surface area contributed by atoms with Crippen molar-refractivity contribution in [2.45, 2.75) is 89.1 Å². The summed E-state index contributed by atoms with van der Waals surface area (Å²) < 4.78 is 0. The molecule has 3 fully saturated rings. The van der Waals surface area contributed by atoms with Crippen LogP contribution in [0.4, 0.5) is 0 Å². The van der Waals surface area contributed by atoms with Gasteiger partial charge in [0.05, 0.1) is 0 Å². The molecule has 21 heavy (non-hydrogen) atoms. The Labute approximate surface area is 131 Å². The van der Waals surface area contributed by atoms with Crippen molar-refractivity contribution >= 4 is 5.91 Å². The Hall–Kier alpha value is -0.570. The Morgan fingerprint density at radius 3 is 1.62 bits per heavy atom. The number of likely N-dealkylation sites (tertiary alicyclic amines) is 1. The van der Waals surface area contributed by atoms with Crippen molar-refractivity contribution < 1.29 is 4.79 Å². The van der Waals surface area contributed by atoms with Gasteiger partial charge in [0.15, 0.2) is 0 Å². The second kappa shape index (κ2) is 8.77. The lowest BCUT2D eigenvalue weighted by atomic mass is 9.89. The van der Waals surface area contributed by atoms with Gasteiger partial charge in [-0.25, -0.2) is 0 Å². The summed E-state index contributed by atoms with van der Waals surface area (Å²) in [5.41, 5.74) is 0. The smallest absolute Gasteiger partial charge is 0.222 e. The van der Waals surface area contributed by atoms with Gasteiger partial charge in [-0.3, -0.25) is 4.79 Å². The van der Waals surface area contributed by atoms with Gasteiger partial charge >= 0.3 is 0 Å². The highest BCUT2D eigenvalue weighted by atomic mass is 16.2. The number of nitrogens with zero attached hydrogens (tertiary/aromatic N) is 2. The molecule has 122 valence electrons. The molecule has 0 bridgehead atoms. The van der Waals surface area contributed by atoms with Gasteiger partial charge in [0.1, 0.15) is 0 Å². The van der Waals surface area contributed by atoms with E-state index in [0.717, 1.165) is 31.5 Å². The highest BCUT2D eigenvalue weighted by molar-refractivity contribution is 5.77. The van der Waals surface area contributed by atoms with Crippen LogP contribution in [-0.4, -0.2) is 48.4 Å². The van der Waals surface area contributed by atoms with Crippen molar-refractivity contribution in [3.8, 4) is 0 Å². The predicted octanol–water partition coefficient (Wildman–Crippen LogP) is 3.82. The molecule has 3 heteroatoms. The molecule has 2 aliphatic carbocycles. The van der Waals surface area contributed by atoms with Crippen molar-refractivity contribution in [2.75, 3.05) is 20.6 Å². The fourth-order valence-corrected chi connectivity index (χ4v) is 4.06. The van der Waals surface area contributed by atoms with E-state index in [4.69, 9.17) is 0 Å². The zero-order chi connectivity index (χ0) is 15.1. The molecule has 0 aromatic rings. The van der Waals surface area contributed by atoms with Gasteiger partial charge in [0.25, 0.3) is 0 Å². The molecular formula is C18H34N2O. The summed E-state index contributed by atoms with van der Waals surface area (Å²) in [6.07, 6.45) is 16.5. The fraction of sp³-hybridized carbons (Fsp3) is 0.944. The zero-order valence-electron chi connectivity index (χ0n) is 14.1. The van der Waals surface area contributed by atoms with Gasteiger partial charge in [0.2, 0.25) is 5.91 Å². The van der Waals surface area contributed by atoms with Crippen LogP contribution >= 0.6 is 0 Å². The molecule has 0 aromatic carbocycles. The van der Waals surface area contributed by atoms with Crippen molar-refractivity contribution in [2.24, 2.45) is 0 Å². The molecule has 3 aliphatic rings. The average Bonchev–Trinajstić information content (AvgIpc) is 2.92. The highest BCUT2D eigenvalue weighted by Crippen LogP contribution is 2.28. The van der Waals surface area contributed by atoms with Crippen LogP contribution in [0.15, 0.2) is 0 Å². The molecule has 3 rings (SSSR count). The number of hydrogen-bond acceptors (Lipinski definition) is 2. The van der Waals surface area contributed by atoms with Gasteiger partial charge < -0.3 is 9.80 Å². The maximum Gasteiger partial charge on any atom is 0.222 e. The number of amides is 1. The summed E-state index contributed by atoms with van der Waals surface area (Å²) in [5, 5.41) is 0. The molecule has 0 N–H and O–H groups in total. The van der Waals surface area contributed by atoms with Crippen molar-refractivity contribution in [1.82, 2.24) is 9.80 Å². The Kier molecular flexibility index (Phi) is 7.01. The molecule has 3 nitrogen and oxygen atoms in total. The fourth-order valence-electron chi connectivity index (χ4n) is 4.06. The lowest BCUT2D eigenvalue weighted by molar-refractivity contribution is -0.126. The Balaban J connectivity index is 0.000000194. The minimum atomic E-state index is 0.292. The molecule has 0 unspecified atom stereocenters. The van der Waals surface area contributed by atoms with E-state index < -0.39 is 0 Å². The third-order valence-corrected chi connectivity index (χ3v) is 5.61. The van der Waals surface area contributed by atoms with Gasteiger partial charge in [0, 0.05) is 32.1 Å². The minimum Gasteiger partial charge on any atom is -0.346 e. The van der Waals surface area contributed by atoms with Crippen LogP contribution < -0.4 is 0 Å². The van der Waals surface area contributed by atoms with Crippen LogP contribution in [0.3, 0.4) is 0 Å². The number of rotatable bonds is 2. The predicted molar refractivity (Wildman–Crippen MR) is 88.4 cm³/mol. The van der Waals surface area contributed by atoms with Gasteiger partial charge in [-0.15, -0.1) is 0 Å². The quantitative estimate of drug-likeness (QED) is 0.773. The topological polar surface area (TPSA) is 23.6 Å². The van der Waals surface area contributed by atoms with Gasteiger partial charge in [-0.05, 0) is 39.2 Å². The molecule has 1 amide bonds. The molecular weight excluding hydrogens is 260 g/mol. The van der Waals surface area contributed by atoms with Crippen LogP contribution in [0.25, 0.3) is 0 Å². The molecule has 1 saturated heterocycles. The second-order valence-electron chi connectivity index (χ2n) is 7.17. The third kappa shape index (κ3) is 5.28. The van der Waals surface area contributed by atoms with E-state index >= 15 is 0 Å². The molecule has 1 heterocycles. The largest absolute Gasteiger partial charge is 0.346 e. The minimum absolute atomic E-state index is 0.292. The summed E-state index contributed by atoms with van der Waals surface area (Å²) in [5.74, 6) is 0.292. The Morgan fingerprint density at radius 2 is 1.33 bits per heavy atom. The molecule has 0 radical (unpaired) electrons. The molecule has 1 aliphatic heterocycles. The zero-order valence-corrected chi connectivity index (χ0v) is 14.1. The Morgan fingerprint density at radius 1 is 0.857 bits per heavy atom. The van der Waals surface area contributed by atoms with Crippen LogP contribution in [-0.2, 0) is 4.79 Å². The monoisotopic (exact) mass is 294 g/mol. The van der Waals surface area contributed by atoms with E-state index in [-0.39, 0.29) is 0 Å². The first-order valence-electron chi connectivity index (χ1n) is 9.14. The maximum absolute atomic E-state index is 10.5. The van der Waals surface area contributed by atoms with Crippen LogP contribution in [0, 0.1) is 0 Å². The summed E-state index contributed by atoms with van der Waals surface area (Å²) >= 11 is 0. The molecule has 0 atom stereocenters. The average molecular weight is 294 g/mol. The summed E-state index contributed by atoms with van der Waals surface area (Å²) in [4.78, 5) is 15.0. The van der Waals surface area contributed by atoms with E-state index in [0.29, 0.717) is 5.91 Å². The first-order chi connectivity index (χ1) is 10.2. The maximum atomic E-state index is 10.5. The van der Waals surface area contributed by atoms with Gasteiger partial charge in [-0.2, -0.15) is 0 Å². The number of carbonyl (C=O) groups is 1. The molecule has 2 saturated carbocycles. The summed E-state index contributed by atoms with van der Waals surface area (Å²) in [6.45, 7) is 0.957. The highest BCUT2D eigenvalue weighted by Gasteiger charge is 2.25. The van der Waals surface area contributed by atoms with E-state index in [9.17, 15) is 4.79 Å². The van der Waals surface area contributed by atoms with Crippen molar-refractivity contribution in [3.63, 3.8) is 0 Å². The lowest BCUT2D eigenvalue weighted by Crippen LogP contribution is -2.42. The Bertz CT molecular complexity index is 288. The second-order valence-corrected chi connectivity index (χ2v) is 7.17. The van der Waals surface area contributed by atoms with Crippen LogP contribution in [0.5, 0.6) is 0 Å². The first kappa shape index (κ1) is 16.8. The normalized spacial score (nSPS) is 25.1. The lowest BCUT2D eigenvalue weighted by Gasteiger charge is -2.39. The van der Waals surface area contributed by atoms with E-state index in [1.807, 2.05) is 7.05 Å². The van der Waals surface area contributed by atoms with Crippen molar-refractivity contribution in [3.05, 3.63) is 0 Å². The summed E-state index contributed by atoms with van der Waals surface area (Å²) in [6, 6.07) is 1.85. The third-order valence-electron chi connectivity index (χ3n) is 5.61. The van der Waals surface area contributed by atoms with E-state index in [1.165, 1.54) is 64.2 Å². The molecule has 0 aromatic heterocycles. The van der Waals surface area contributed by atoms with Crippen LogP contribution in [0.2, 0.25) is 0 Å².